The molecule has 0 unspecified atom stereocenters. The van der Waals surface area contributed by atoms with Gasteiger partial charge in [-0.3, -0.25) is 9.69 Å². The fraction of sp³-hybridized carbons (Fsp3) is 0.520. The van der Waals surface area contributed by atoms with Crippen LogP contribution in [0, 0.1) is 5.92 Å². The van der Waals surface area contributed by atoms with Crippen LogP contribution in [0.5, 0.6) is 0 Å². The van der Waals surface area contributed by atoms with Gasteiger partial charge in [0.2, 0.25) is 5.91 Å². The van der Waals surface area contributed by atoms with Gasteiger partial charge in [0.05, 0.1) is 17.2 Å². The summed E-state index contributed by atoms with van der Waals surface area (Å²) in [7, 11) is 0. The number of benzene rings is 1. The molecule has 2 aromatic heterocycles. The van der Waals surface area contributed by atoms with Gasteiger partial charge in [0.1, 0.15) is 0 Å². The van der Waals surface area contributed by atoms with E-state index >= 15 is 0 Å². The van der Waals surface area contributed by atoms with Crippen LogP contribution in [-0.4, -0.2) is 67.4 Å². The maximum absolute atomic E-state index is 13.3. The Kier molecular flexibility index (Phi) is 7.37. The smallest absolute Gasteiger partial charge is 0.225 e. The first-order valence-electron chi connectivity index (χ1n) is 12.2. The summed E-state index contributed by atoms with van der Waals surface area (Å²) in [5.74, 6) is 1.46. The molecule has 1 amide bonds. The second-order valence-corrected chi connectivity index (χ2v) is 10.9. The van der Waals surface area contributed by atoms with Crippen molar-refractivity contribution in [2.24, 2.45) is 5.92 Å². The average molecular weight is 499 g/mol. The van der Waals surface area contributed by atoms with Crippen LogP contribution in [-0.2, 0) is 11.3 Å². The Balaban J connectivity index is 1.18. The molecular weight excluding hydrogens is 468 g/mol. The highest BCUT2D eigenvalue weighted by Gasteiger charge is 2.32. The van der Waals surface area contributed by atoms with Gasteiger partial charge < -0.3 is 9.47 Å². The molecule has 0 aliphatic carbocycles. The van der Waals surface area contributed by atoms with E-state index in [4.69, 9.17) is 16.6 Å². The topological polar surface area (TPSA) is 67.2 Å². The van der Waals surface area contributed by atoms with Crippen molar-refractivity contribution in [2.45, 2.75) is 50.4 Å². The third-order valence-electron chi connectivity index (χ3n) is 7.02. The van der Waals surface area contributed by atoms with Gasteiger partial charge in [0.15, 0.2) is 5.16 Å². The number of piperidine rings is 2. The molecular formula is C25H31ClN6OS. The summed E-state index contributed by atoms with van der Waals surface area (Å²) < 4.78 is 2.38. The van der Waals surface area contributed by atoms with Gasteiger partial charge in [0.25, 0.3) is 0 Å². The van der Waals surface area contributed by atoms with Crippen molar-refractivity contribution in [3.8, 4) is 0 Å². The molecule has 0 atom stereocenters. The van der Waals surface area contributed by atoms with Crippen molar-refractivity contribution in [1.82, 2.24) is 29.5 Å². The summed E-state index contributed by atoms with van der Waals surface area (Å²) >= 11 is 7.99. The van der Waals surface area contributed by atoms with E-state index in [0.29, 0.717) is 17.0 Å². The second kappa shape index (κ2) is 10.6. The summed E-state index contributed by atoms with van der Waals surface area (Å²) in [6.45, 7) is 6.57. The van der Waals surface area contributed by atoms with Crippen LogP contribution in [0.4, 0.5) is 0 Å². The molecule has 180 valence electrons. The molecule has 34 heavy (non-hydrogen) atoms. The molecule has 2 fully saturated rings. The summed E-state index contributed by atoms with van der Waals surface area (Å²) in [6.07, 6.45) is 7.35. The van der Waals surface area contributed by atoms with Crippen LogP contribution in [0.2, 0.25) is 5.02 Å². The fourth-order valence-electron chi connectivity index (χ4n) is 5.24. The minimum absolute atomic E-state index is 0.144. The standard InChI is InChI=1S/C25H31ClN6OS/c1-2-34-25-29-22-15-20(26)3-4-23(22)32(25)21-8-13-31(14-9-21)24(33)19-6-11-30(12-7-19)17-18-5-10-27-28-16-18/h3-5,10,15-16,19,21H,2,6-9,11-14,17H2,1H3. The zero-order valence-corrected chi connectivity index (χ0v) is 21.1. The van der Waals surface area contributed by atoms with E-state index in [1.54, 1.807) is 18.0 Å². The van der Waals surface area contributed by atoms with E-state index in [1.165, 1.54) is 5.56 Å². The molecule has 0 radical (unpaired) electrons. The lowest BCUT2D eigenvalue weighted by molar-refractivity contribution is -0.138. The van der Waals surface area contributed by atoms with E-state index in [-0.39, 0.29) is 5.92 Å². The third-order valence-corrected chi connectivity index (χ3v) is 8.09. The highest BCUT2D eigenvalue weighted by atomic mass is 35.5. The van der Waals surface area contributed by atoms with Crippen molar-refractivity contribution >= 4 is 40.3 Å². The minimum Gasteiger partial charge on any atom is -0.342 e. The summed E-state index contributed by atoms with van der Waals surface area (Å²) in [5, 5.41) is 9.59. The molecule has 9 heteroatoms. The number of likely N-dealkylation sites (tertiary alicyclic amines) is 2. The number of carbonyl (C=O) groups is 1. The maximum atomic E-state index is 13.3. The molecule has 0 spiro atoms. The molecule has 0 N–H and O–H groups in total. The maximum Gasteiger partial charge on any atom is 0.225 e. The quantitative estimate of drug-likeness (QED) is 0.460. The van der Waals surface area contributed by atoms with E-state index in [9.17, 15) is 4.79 Å². The Morgan fingerprint density at radius 1 is 1.09 bits per heavy atom. The molecule has 0 saturated carbocycles. The predicted molar refractivity (Wildman–Crippen MR) is 136 cm³/mol. The molecule has 7 nitrogen and oxygen atoms in total. The number of carbonyl (C=O) groups excluding carboxylic acids is 1. The highest BCUT2D eigenvalue weighted by Crippen LogP contribution is 2.34. The first kappa shape index (κ1) is 23.6. The Labute approximate surface area is 209 Å². The summed E-state index contributed by atoms with van der Waals surface area (Å²) in [5.41, 5.74) is 3.27. The summed E-state index contributed by atoms with van der Waals surface area (Å²) in [4.78, 5) is 22.7. The van der Waals surface area contributed by atoms with Gasteiger partial charge in [-0.25, -0.2) is 4.98 Å². The Morgan fingerprint density at radius 3 is 2.59 bits per heavy atom. The molecule has 3 aromatic rings. The average Bonchev–Trinajstić information content (AvgIpc) is 3.22. The lowest BCUT2D eigenvalue weighted by atomic mass is 9.93. The van der Waals surface area contributed by atoms with Gasteiger partial charge in [0, 0.05) is 42.8 Å². The predicted octanol–water partition coefficient (Wildman–Crippen LogP) is 4.67. The Hall–Kier alpha value is -2.16. The lowest BCUT2D eigenvalue weighted by Crippen LogP contribution is -2.45. The number of hydrogen-bond acceptors (Lipinski definition) is 6. The zero-order chi connectivity index (χ0) is 23.5. The highest BCUT2D eigenvalue weighted by molar-refractivity contribution is 7.99. The Bertz CT molecular complexity index is 1120. The Morgan fingerprint density at radius 2 is 1.88 bits per heavy atom. The van der Waals surface area contributed by atoms with Crippen molar-refractivity contribution in [2.75, 3.05) is 31.9 Å². The van der Waals surface area contributed by atoms with Gasteiger partial charge in [-0.2, -0.15) is 10.2 Å². The first-order chi connectivity index (χ1) is 16.6. The number of nitrogens with zero attached hydrogens (tertiary/aromatic N) is 6. The second-order valence-electron chi connectivity index (χ2n) is 9.19. The fourth-order valence-corrected chi connectivity index (χ4v) is 6.22. The number of hydrogen-bond donors (Lipinski definition) is 0. The van der Waals surface area contributed by atoms with Crippen LogP contribution in [0.15, 0.2) is 41.8 Å². The van der Waals surface area contributed by atoms with Gasteiger partial charge in [-0.15, -0.1) is 0 Å². The largest absolute Gasteiger partial charge is 0.342 e. The van der Waals surface area contributed by atoms with Crippen LogP contribution >= 0.6 is 23.4 Å². The SMILES string of the molecule is CCSc1nc2cc(Cl)ccc2n1C1CCN(C(=O)C2CCN(Cc3ccnnc3)CC2)CC1. The van der Waals surface area contributed by atoms with Crippen molar-refractivity contribution in [3.05, 3.63) is 47.2 Å². The van der Waals surface area contributed by atoms with Gasteiger partial charge in [-0.05, 0) is 74.4 Å². The summed E-state index contributed by atoms with van der Waals surface area (Å²) in [6, 6.07) is 8.34. The van der Waals surface area contributed by atoms with Crippen LogP contribution < -0.4 is 0 Å². The van der Waals surface area contributed by atoms with Gasteiger partial charge >= 0.3 is 0 Å². The number of imidazole rings is 1. The molecule has 2 aliphatic heterocycles. The number of rotatable bonds is 6. The molecule has 1 aromatic carbocycles. The normalized spacial score (nSPS) is 18.6. The van der Waals surface area contributed by atoms with Crippen LogP contribution in [0.3, 0.4) is 0 Å². The minimum atomic E-state index is 0.144. The zero-order valence-electron chi connectivity index (χ0n) is 19.6. The molecule has 2 aliphatic rings. The first-order valence-corrected chi connectivity index (χ1v) is 13.6. The van der Waals surface area contributed by atoms with Crippen LogP contribution in [0.25, 0.3) is 11.0 Å². The van der Waals surface area contributed by atoms with E-state index in [0.717, 1.165) is 80.3 Å². The third kappa shape index (κ3) is 5.09. The van der Waals surface area contributed by atoms with Crippen molar-refractivity contribution in [1.29, 1.82) is 0 Å². The van der Waals surface area contributed by atoms with Crippen molar-refractivity contribution < 1.29 is 4.79 Å². The van der Waals surface area contributed by atoms with E-state index < -0.39 is 0 Å². The number of aromatic nitrogens is 4. The number of fused-ring (bicyclic) bond motifs is 1. The molecule has 4 heterocycles. The number of halogens is 1. The molecule has 5 rings (SSSR count). The molecule has 0 bridgehead atoms. The van der Waals surface area contributed by atoms with Crippen molar-refractivity contribution in [3.63, 3.8) is 0 Å². The van der Waals surface area contributed by atoms with Crippen LogP contribution in [0.1, 0.15) is 44.2 Å². The van der Waals surface area contributed by atoms with E-state index in [1.807, 2.05) is 24.4 Å². The number of amides is 1. The monoisotopic (exact) mass is 498 g/mol. The number of thioether (sulfide) groups is 1. The molecule has 2 saturated heterocycles. The van der Waals surface area contributed by atoms with E-state index in [2.05, 4.69) is 37.6 Å². The lowest BCUT2D eigenvalue weighted by Gasteiger charge is -2.38. The van der Waals surface area contributed by atoms with Gasteiger partial charge in [-0.1, -0.05) is 30.3 Å².